The highest BCUT2D eigenvalue weighted by Gasteiger charge is 2.06. The lowest BCUT2D eigenvalue weighted by atomic mass is 10.2. The zero-order valence-corrected chi connectivity index (χ0v) is 11.7. The molecule has 0 amide bonds. The Morgan fingerprint density at radius 2 is 1.88 bits per heavy atom. The molecule has 0 bridgehead atoms. The van der Waals surface area contributed by atoms with Gasteiger partial charge < -0.3 is 5.32 Å². The lowest BCUT2D eigenvalue weighted by Gasteiger charge is -2.15. The van der Waals surface area contributed by atoms with Crippen molar-refractivity contribution in [3.8, 4) is 0 Å². The molecular weight excluding hydrogens is 300 g/mol. The molecule has 0 saturated carbocycles. The van der Waals surface area contributed by atoms with Gasteiger partial charge in [0.25, 0.3) is 0 Å². The summed E-state index contributed by atoms with van der Waals surface area (Å²) in [5, 5.41) is 4.11. The second-order valence-electron chi connectivity index (χ2n) is 3.76. The quantitative estimate of drug-likeness (QED) is 0.833. The predicted molar refractivity (Wildman–Crippen MR) is 75.4 cm³/mol. The van der Waals surface area contributed by atoms with Crippen molar-refractivity contribution in [2.45, 2.75) is 13.0 Å². The van der Waals surface area contributed by atoms with Gasteiger partial charge in [-0.25, -0.2) is 4.98 Å². The first-order chi connectivity index (χ1) is 8.15. The Bertz CT molecular complexity index is 499. The number of anilines is 1. The first-order valence-electron chi connectivity index (χ1n) is 5.30. The molecule has 4 heteroatoms. The maximum atomic E-state index is 5.84. The Hall–Kier alpha value is -1.06. The number of hydrogen-bond donors (Lipinski definition) is 1. The summed E-state index contributed by atoms with van der Waals surface area (Å²) in [7, 11) is 0. The number of rotatable bonds is 3. The van der Waals surface area contributed by atoms with Crippen LogP contribution in [0.2, 0.25) is 5.02 Å². The van der Waals surface area contributed by atoms with Crippen molar-refractivity contribution >= 4 is 33.2 Å². The number of aromatic nitrogens is 1. The van der Waals surface area contributed by atoms with Crippen molar-refractivity contribution in [1.29, 1.82) is 0 Å². The zero-order valence-electron chi connectivity index (χ0n) is 9.32. The smallest absolute Gasteiger partial charge is 0.106 e. The fourth-order valence-electron chi connectivity index (χ4n) is 1.54. The predicted octanol–water partition coefficient (Wildman–Crippen LogP) is 4.67. The van der Waals surface area contributed by atoms with Gasteiger partial charge in [0.1, 0.15) is 4.60 Å². The van der Waals surface area contributed by atoms with E-state index in [9.17, 15) is 0 Å². The van der Waals surface area contributed by atoms with Crippen LogP contribution in [0.1, 0.15) is 18.7 Å². The van der Waals surface area contributed by atoms with Gasteiger partial charge in [-0.1, -0.05) is 17.7 Å². The monoisotopic (exact) mass is 310 g/mol. The molecule has 1 heterocycles. The van der Waals surface area contributed by atoms with E-state index in [0.29, 0.717) is 0 Å². The molecule has 1 aromatic carbocycles. The summed E-state index contributed by atoms with van der Waals surface area (Å²) in [6.07, 6.45) is 0. The molecule has 2 rings (SSSR count). The Labute approximate surface area is 114 Å². The Balaban J connectivity index is 2.11. The summed E-state index contributed by atoms with van der Waals surface area (Å²) in [6, 6.07) is 13.7. The first-order valence-corrected chi connectivity index (χ1v) is 6.47. The highest BCUT2D eigenvalue weighted by atomic mass is 79.9. The molecule has 0 aliphatic heterocycles. The van der Waals surface area contributed by atoms with E-state index in [0.717, 1.165) is 21.0 Å². The van der Waals surface area contributed by atoms with Gasteiger partial charge in [0, 0.05) is 10.7 Å². The summed E-state index contributed by atoms with van der Waals surface area (Å²) >= 11 is 9.21. The SMILES string of the molecule is C[C@H](Nc1ccc(Cl)cc1)c1cccc(Br)n1. The summed E-state index contributed by atoms with van der Waals surface area (Å²) in [5.74, 6) is 0. The van der Waals surface area contributed by atoms with Gasteiger partial charge >= 0.3 is 0 Å². The largest absolute Gasteiger partial charge is 0.377 e. The average molecular weight is 312 g/mol. The molecule has 0 saturated heterocycles. The van der Waals surface area contributed by atoms with E-state index in [1.807, 2.05) is 42.5 Å². The van der Waals surface area contributed by atoms with Crippen LogP contribution in [-0.4, -0.2) is 4.98 Å². The molecule has 88 valence electrons. The van der Waals surface area contributed by atoms with Gasteiger partial charge in [-0.05, 0) is 59.3 Å². The van der Waals surface area contributed by atoms with Crippen molar-refractivity contribution in [2.75, 3.05) is 5.32 Å². The third kappa shape index (κ3) is 3.45. The van der Waals surface area contributed by atoms with Crippen LogP contribution in [0, 0.1) is 0 Å². The first kappa shape index (κ1) is 12.4. The average Bonchev–Trinajstić information content (AvgIpc) is 2.32. The molecule has 1 atom stereocenters. The summed E-state index contributed by atoms with van der Waals surface area (Å²) in [4.78, 5) is 4.41. The molecule has 2 nitrogen and oxygen atoms in total. The van der Waals surface area contributed by atoms with Crippen molar-refractivity contribution in [2.24, 2.45) is 0 Å². The van der Waals surface area contributed by atoms with Gasteiger partial charge in [0.05, 0.1) is 11.7 Å². The number of nitrogens with zero attached hydrogens (tertiary/aromatic N) is 1. The molecule has 1 N–H and O–H groups in total. The van der Waals surface area contributed by atoms with E-state index >= 15 is 0 Å². The molecule has 1 aromatic heterocycles. The minimum absolute atomic E-state index is 0.147. The normalized spacial score (nSPS) is 12.2. The number of halogens is 2. The number of benzene rings is 1. The molecule has 0 aliphatic carbocycles. The molecule has 0 aliphatic rings. The topological polar surface area (TPSA) is 24.9 Å². The minimum atomic E-state index is 0.147. The van der Waals surface area contributed by atoms with Crippen molar-refractivity contribution < 1.29 is 0 Å². The van der Waals surface area contributed by atoms with Crippen LogP contribution in [0.25, 0.3) is 0 Å². The van der Waals surface area contributed by atoms with Crippen molar-refractivity contribution in [3.63, 3.8) is 0 Å². The third-order valence-electron chi connectivity index (χ3n) is 2.41. The molecule has 0 radical (unpaired) electrons. The minimum Gasteiger partial charge on any atom is -0.377 e. The van der Waals surface area contributed by atoms with Crippen LogP contribution >= 0.6 is 27.5 Å². The van der Waals surface area contributed by atoms with Gasteiger partial charge in [0.15, 0.2) is 0 Å². The number of pyridine rings is 1. The Morgan fingerprint density at radius 1 is 1.18 bits per heavy atom. The maximum Gasteiger partial charge on any atom is 0.106 e. The van der Waals surface area contributed by atoms with E-state index in [2.05, 4.69) is 33.2 Å². The highest BCUT2D eigenvalue weighted by molar-refractivity contribution is 9.10. The summed E-state index contributed by atoms with van der Waals surface area (Å²) in [6.45, 7) is 2.07. The van der Waals surface area contributed by atoms with Gasteiger partial charge in [0.2, 0.25) is 0 Å². The molecule has 0 unspecified atom stereocenters. The van der Waals surface area contributed by atoms with Gasteiger partial charge in [-0.2, -0.15) is 0 Å². The van der Waals surface area contributed by atoms with Crippen LogP contribution in [0.4, 0.5) is 5.69 Å². The summed E-state index contributed by atoms with van der Waals surface area (Å²) < 4.78 is 0.847. The lowest BCUT2D eigenvalue weighted by Crippen LogP contribution is -2.08. The van der Waals surface area contributed by atoms with E-state index in [4.69, 9.17) is 11.6 Å². The second-order valence-corrected chi connectivity index (χ2v) is 5.01. The van der Waals surface area contributed by atoms with Crippen molar-refractivity contribution in [3.05, 3.63) is 57.8 Å². The van der Waals surface area contributed by atoms with Crippen LogP contribution in [-0.2, 0) is 0 Å². The zero-order chi connectivity index (χ0) is 12.3. The van der Waals surface area contributed by atoms with Crippen LogP contribution in [0.15, 0.2) is 47.1 Å². The Kier molecular flexibility index (Phi) is 4.02. The van der Waals surface area contributed by atoms with Crippen molar-refractivity contribution in [1.82, 2.24) is 4.98 Å². The van der Waals surface area contributed by atoms with Crippen LogP contribution in [0.5, 0.6) is 0 Å². The van der Waals surface area contributed by atoms with Gasteiger partial charge in [-0.3, -0.25) is 0 Å². The van der Waals surface area contributed by atoms with E-state index in [1.165, 1.54) is 0 Å². The molecule has 2 aromatic rings. The standard InChI is InChI=1S/C13H12BrClN2/c1-9(12-3-2-4-13(14)17-12)16-11-7-5-10(15)6-8-11/h2-9,16H,1H3/t9-/m0/s1. The molecule has 17 heavy (non-hydrogen) atoms. The van der Waals surface area contributed by atoms with Gasteiger partial charge in [-0.15, -0.1) is 0 Å². The maximum absolute atomic E-state index is 5.84. The number of nitrogens with one attached hydrogen (secondary N) is 1. The lowest BCUT2D eigenvalue weighted by molar-refractivity contribution is 0.835. The highest BCUT2D eigenvalue weighted by Crippen LogP contribution is 2.20. The Morgan fingerprint density at radius 3 is 2.53 bits per heavy atom. The fourth-order valence-corrected chi connectivity index (χ4v) is 2.02. The van der Waals surface area contributed by atoms with E-state index in [1.54, 1.807) is 0 Å². The number of hydrogen-bond acceptors (Lipinski definition) is 2. The second kappa shape index (κ2) is 5.52. The molecule has 0 fully saturated rings. The van der Waals surface area contributed by atoms with Crippen LogP contribution < -0.4 is 5.32 Å². The molecular formula is C13H12BrClN2. The summed E-state index contributed by atoms with van der Waals surface area (Å²) in [5.41, 5.74) is 2.03. The van der Waals surface area contributed by atoms with E-state index < -0.39 is 0 Å². The molecule has 0 spiro atoms. The van der Waals surface area contributed by atoms with Crippen LogP contribution in [0.3, 0.4) is 0 Å². The fraction of sp³-hybridized carbons (Fsp3) is 0.154. The van der Waals surface area contributed by atoms with E-state index in [-0.39, 0.29) is 6.04 Å². The third-order valence-corrected chi connectivity index (χ3v) is 3.10.